The normalized spacial score (nSPS) is 17.9. The monoisotopic (exact) mass is 444 g/mol. The Morgan fingerprint density at radius 1 is 1.03 bits per heavy atom. The van der Waals surface area contributed by atoms with Gasteiger partial charge in [0.2, 0.25) is 0 Å². The highest BCUT2D eigenvalue weighted by molar-refractivity contribution is 7.09. The molecule has 0 unspecified atom stereocenters. The summed E-state index contributed by atoms with van der Waals surface area (Å²) in [5.41, 5.74) is 3.02. The second-order valence-electron chi connectivity index (χ2n) is 8.33. The maximum atomic E-state index is 13.0. The number of aryl methyl sites for hydroxylation is 2. The molecule has 0 atom stereocenters. The summed E-state index contributed by atoms with van der Waals surface area (Å²) in [5.74, 6) is 0.170. The fourth-order valence-electron chi connectivity index (χ4n) is 4.44. The Balaban J connectivity index is 1.30. The van der Waals surface area contributed by atoms with Crippen molar-refractivity contribution < 1.29 is 14.3 Å². The van der Waals surface area contributed by atoms with Crippen molar-refractivity contribution in [1.82, 2.24) is 19.3 Å². The Hall–Kier alpha value is -2.16. The van der Waals surface area contributed by atoms with Gasteiger partial charge in [0.25, 0.3) is 0 Å². The number of aromatic nitrogens is 1. The molecule has 7 nitrogen and oxygen atoms in total. The van der Waals surface area contributed by atoms with Gasteiger partial charge in [-0.05, 0) is 37.8 Å². The van der Waals surface area contributed by atoms with Gasteiger partial charge in [0, 0.05) is 67.6 Å². The van der Waals surface area contributed by atoms with Crippen LogP contribution in [0, 0.1) is 13.8 Å². The lowest BCUT2D eigenvalue weighted by atomic mass is 10.1. The van der Waals surface area contributed by atoms with Gasteiger partial charge in [0.05, 0.1) is 19.8 Å². The van der Waals surface area contributed by atoms with Crippen LogP contribution in [0.4, 0.5) is 4.79 Å². The summed E-state index contributed by atoms with van der Waals surface area (Å²) in [5, 5.41) is 2.11. The molecule has 4 rings (SSSR count). The number of Topliss-reactive ketones (excluding diaryl/α,β-unsaturated/α-hetero) is 1. The predicted octanol–water partition coefficient (Wildman–Crippen LogP) is 2.66. The minimum absolute atomic E-state index is 0.101. The van der Waals surface area contributed by atoms with Crippen molar-refractivity contribution in [2.24, 2.45) is 0 Å². The Bertz CT molecular complexity index is 894. The Morgan fingerprint density at radius 3 is 2.42 bits per heavy atom. The van der Waals surface area contributed by atoms with E-state index in [1.807, 2.05) is 22.8 Å². The number of nitrogens with zero attached hydrogens (tertiary/aromatic N) is 4. The van der Waals surface area contributed by atoms with Crippen LogP contribution in [0.5, 0.6) is 0 Å². The van der Waals surface area contributed by atoms with E-state index in [1.165, 1.54) is 4.88 Å². The molecule has 168 valence electrons. The molecular weight excluding hydrogens is 412 g/mol. The number of carbonyl (C=O) groups is 2. The molecule has 0 aliphatic carbocycles. The molecule has 4 heterocycles. The lowest BCUT2D eigenvalue weighted by molar-refractivity contribution is 0.0376. The van der Waals surface area contributed by atoms with Crippen molar-refractivity contribution in [3.8, 4) is 0 Å². The fraction of sp³-hybridized carbons (Fsp3) is 0.565. The summed E-state index contributed by atoms with van der Waals surface area (Å²) >= 11 is 1.78. The van der Waals surface area contributed by atoms with Crippen molar-refractivity contribution in [1.29, 1.82) is 0 Å². The molecular formula is C23H32N4O3S. The largest absolute Gasteiger partial charge is 0.378 e. The minimum Gasteiger partial charge on any atom is -0.378 e. The number of ether oxygens (including phenoxy) is 1. The summed E-state index contributed by atoms with van der Waals surface area (Å²) in [7, 11) is 0. The predicted molar refractivity (Wildman–Crippen MR) is 122 cm³/mol. The molecule has 2 amide bonds. The third-order valence-corrected chi connectivity index (χ3v) is 7.26. The standard InChI is InChI=1S/C23H32N4O3S/c1-18-16-21(19(2)27(18)6-5-20-4-3-15-31-20)22(28)17-24-7-9-25(10-8-24)23(29)26-11-13-30-14-12-26/h3-4,15-16H,5-14,17H2,1-2H3. The third kappa shape index (κ3) is 5.19. The first kappa shape index (κ1) is 22.0. The molecule has 2 fully saturated rings. The van der Waals surface area contributed by atoms with Crippen LogP contribution in [0.3, 0.4) is 0 Å². The van der Waals surface area contributed by atoms with E-state index in [0.717, 1.165) is 43.0 Å². The van der Waals surface area contributed by atoms with E-state index >= 15 is 0 Å². The second kappa shape index (κ2) is 9.97. The van der Waals surface area contributed by atoms with Crippen LogP contribution < -0.4 is 0 Å². The number of carbonyl (C=O) groups excluding carboxylic acids is 2. The van der Waals surface area contributed by atoms with Crippen LogP contribution in [-0.4, -0.2) is 90.1 Å². The summed E-state index contributed by atoms with van der Waals surface area (Å²) < 4.78 is 7.59. The van der Waals surface area contributed by atoms with Crippen molar-refractivity contribution in [3.63, 3.8) is 0 Å². The number of thiophene rings is 1. The number of urea groups is 1. The van der Waals surface area contributed by atoms with Crippen molar-refractivity contribution in [2.75, 3.05) is 59.0 Å². The Labute approximate surface area is 188 Å². The highest BCUT2D eigenvalue weighted by Gasteiger charge is 2.27. The van der Waals surface area contributed by atoms with Gasteiger partial charge >= 0.3 is 6.03 Å². The smallest absolute Gasteiger partial charge is 0.320 e. The topological polar surface area (TPSA) is 58.0 Å². The fourth-order valence-corrected chi connectivity index (χ4v) is 5.14. The van der Waals surface area contributed by atoms with Gasteiger partial charge in [-0.2, -0.15) is 0 Å². The lowest BCUT2D eigenvalue weighted by Gasteiger charge is -2.38. The van der Waals surface area contributed by atoms with E-state index < -0.39 is 0 Å². The first-order valence-electron chi connectivity index (χ1n) is 11.1. The van der Waals surface area contributed by atoms with E-state index in [2.05, 4.69) is 33.9 Å². The summed E-state index contributed by atoms with van der Waals surface area (Å²) in [4.78, 5) is 33.0. The van der Waals surface area contributed by atoms with E-state index in [9.17, 15) is 9.59 Å². The zero-order chi connectivity index (χ0) is 21.8. The average molecular weight is 445 g/mol. The number of piperazine rings is 1. The highest BCUT2D eigenvalue weighted by Crippen LogP contribution is 2.19. The molecule has 0 spiro atoms. The number of hydrogen-bond donors (Lipinski definition) is 0. The van der Waals surface area contributed by atoms with E-state index in [0.29, 0.717) is 45.9 Å². The molecule has 0 aromatic carbocycles. The molecule has 0 saturated carbocycles. The van der Waals surface area contributed by atoms with E-state index in [4.69, 9.17) is 4.74 Å². The van der Waals surface area contributed by atoms with Crippen LogP contribution in [-0.2, 0) is 17.7 Å². The van der Waals surface area contributed by atoms with Crippen LogP contribution in [0.25, 0.3) is 0 Å². The summed E-state index contributed by atoms with van der Waals surface area (Å²) in [6.45, 7) is 10.8. The van der Waals surface area contributed by atoms with Gasteiger partial charge in [-0.1, -0.05) is 6.07 Å². The minimum atomic E-state index is 0.101. The molecule has 0 bridgehead atoms. The van der Waals surface area contributed by atoms with Gasteiger partial charge in [-0.3, -0.25) is 9.69 Å². The van der Waals surface area contributed by atoms with Gasteiger partial charge in [-0.25, -0.2) is 4.79 Å². The van der Waals surface area contributed by atoms with Crippen molar-refractivity contribution in [2.45, 2.75) is 26.8 Å². The molecule has 2 aliphatic rings. The Morgan fingerprint density at radius 2 is 1.74 bits per heavy atom. The highest BCUT2D eigenvalue weighted by atomic mass is 32.1. The lowest BCUT2D eigenvalue weighted by Crippen LogP contribution is -2.55. The third-order valence-electron chi connectivity index (χ3n) is 6.33. The first-order valence-corrected chi connectivity index (χ1v) is 12.0. The SMILES string of the molecule is Cc1cc(C(=O)CN2CCN(C(=O)N3CCOCC3)CC2)c(C)n1CCc1cccs1. The van der Waals surface area contributed by atoms with Crippen molar-refractivity contribution >= 4 is 23.2 Å². The summed E-state index contributed by atoms with van der Waals surface area (Å²) in [6, 6.07) is 6.38. The molecule has 2 saturated heterocycles. The molecule has 2 aromatic heterocycles. The van der Waals surface area contributed by atoms with Crippen LogP contribution in [0.1, 0.15) is 26.6 Å². The number of rotatable bonds is 6. The van der Waals surface area contributed by atoms with Crippen LogP contribution in [0.2, 0.25) is 0 Å². The number of hydrogen-bond acceptors (Lipinski definition) is 5. The summed E-state index contributed by atoms with van der Waals surface area (Å²) in [6.07, 6.45) is 0.987. The number of amides is 2. The molecule has 0 radical (unpaired) electrons. The van der Waals surface area contributed by atoms with E-state index in [-0.39, 0.29) is 11.8 Å². The van der Waals surface area contributed by atoms with Gasteiger partial charge in [-0.15, -0.1) is 11.3 Å². The first-order chi connectivity index (χ1) is 15.0. The zero-order valence-corrected chi connectivity index (χ0v) is 19.3. The molecule has 0 N–H and O–H groups in total. The Kier molecular flexibility index (Phi) is 7.09. The molecule has 8 heteroatoms. The zero-order valence-electron chi connectivity index (χ0n) is 18.5. The molecule has 2 aliphatic heterocycles. The van der Waals surface area contributed by atoms with Gasteiger partial charge < -0.3 is 19.1 Å². The van der Waals surface area contributed by atoms with Crippen molar-refractivity contribution in [3.05, 3.63) is 45.4 Å². The molecule has 2 aromatic rings. The average Bonchev–Trinajstić information content (AvgIpc) is 3.41. The van der Waals surface area contributed by atoms with Crippen LogP contribution >= 0.6 is 11.3 Å². The number of ketones is 1. The maximum Gasteiger partial charge on any atom is 0.320 e. The second-order valence-corrected chi connectivity index (χ2v) is 9.37. The quantitative estimate of drug-likeness (QED) is 0.643. The number of morpholine rings is 1. The van der Waals surface area contributed by atoms with Crippen LogP contribution in [0.15, 0.2) is 23.6 Å². The van der Waals surface area contributed by atoms with Gasteiger partial charge in [0.15, 0.2) is 5.78 Å². The molecule has 31 heavy (non-hydrogen) atoms. The van der Waals surface area contributed by atoms with Gasteiger partial charge in [0.1, 0.15) is 0 Å². The maximum absolute atomic E-state index is 13.0. The van der Waals surface area contributed by atoms with E-state index in [1.54, 1.807) is 11.3 Å².